The van der Waals surface area contributed by atoms with Gasteiger partial charge in [0.15, 0.2) is 0 Å². The summed E-state index contributed by atoms with van der Waals surface area (Å²) in [6, 6.07) is 8.49. The molecule has 0 aliphatic carbocycles. The van der Waals surface area contributed by atoms with Gasteiger partial charge >= 0.3 is 5.97 Å². The number of esters is 1. The fourth-order valence-corrected chi connectivity index (χ4v) is 2.57. The van der Waals surface area contributed by atoms with Crippen LogP contribution < -0.4 is 0 Å². The largest absolute Gasteiger partial charge is 0.468 e. The van der Waals surface area contributed by atoms with Crippen molar-refractivity contribution in [2.75, 3.05) is 7.11 Å². The molecule has 0 spiro atoms. The van der Waals surface area contributed by atoms with E-state index >= 15 is 0 Å². The Hall–Kier alpha value is -1.89. The molecule has 112 valence electrons. The molecule has 0 atom stereocenters. The Morgan fingerprint density at radius 1 is 1.33 bits per heavy atom. The minimum absolute atomic E-state index is 0.0259. The Kier molecular flexibility index (Phi) is 5.32. The fraction of sp³-hybridized carbons (Fsp3) is 0.429. The molecule has 6 nitrogen and oxygen atoms in total. The monoisotopic (exact) mass is 306 g/mol. The van der Waals surface area contributed by atoms with Crippen molar-refractivity contribution in [3.05, 3.63) is 35.4 Å². The summed E-state index contributed by atoms with van der Waals surface area (Å²) in [5, 5.41) is 11.9. The number of ether oxygens (including phenoxy) is 1. The Balaban J connectivity index is 1.97. The Morgan fingerprint density at radius 2 is 2.05 bits per heavy atom. The van der Waals surface area contributed by atoms with Crippen LogP contribution in [0.4, 0.5) is 0 Å². The number of carbonyl (C=O) groups is 1. The second-order valence-corrected chi connectivity index (χ2v) is 5.82. The average molecular weight is 306 g/mol. The lowest BCUT2D eigenvalue weighted by Crippen LogP contribution is -2.13. The van der Waals surface area contributed by atoms with E-state index in [4.69, 9.17) is 0 Å². The number of benzene rings is 1. The predicted molar refractivity (Wildman–Crippen MR) is 79.9 cm³/mol. The highest BCUT2D eigenvalue weighted by atomic mass is 32.2. The van der Waals surface area contributed by atoms with Gasteiger partial charge in [-0.1, -0.05) is 49.9 Å². The van der Waals surface area contributed by atoms with Crippen LogP contribution in [0.3, 0.4) is 0 Å². The van der Waals surface area contributed by atoms with Gasteiger partial charge in [0.25, 0.3) is 0 Å². The lowest BCUT2D eigenvalue weighted by molar-refractivity contribution is -0.141. The summed E-state index contributed by atoms with van der Waals surface area (Å²) in [5.41, 5.74) is 2.51. The van der Waals surface area contributed by atoms with E-state index in [9.17, 15) is 4.79 Å². The van der Waals surface area contributed by atoms with Crippen LogP contribution in [-0.4, -0.2) is 33.3 Å². The molecule has 0 fully saturated rings. The first-order valence-electron chi connectivity index (χ1n) is 6.64. The quantitative estimate of drug-likeness (QED) is 0.602. The maximum atomic E-state index is 11.3. The standard InChI is InChI=1S/C14H18N4O2S/c1-10(2)12-6-4-11(5-7-12)9-21-14-15-16-17-18(14)8-13(19)20-3/h4-7,10H,8-9H2,1-3H3. The van der Waals surface area contributed by atoms with Gasteiger partial charge in [0.2, 0.25) is 5.16 Å². The zero-order valence-corrected chi connectivity index (χ0v) is 13.1. The van der Waals surface area contributed by atoms with Crippen molar-refractivity contribution in [3.63, 3.8) is 0 Å². The van der Waals surface area contributed by atoms with Crippen molar-refractivity contribution in [3.8, 4) is 0 Å². The zero-order chi connectivity index (χ0) is 15.2. The van der Waals surface area contributed by atoms with E-state index in [0.717, 1.165) is 5.75 Å². The Labute approximate surface area is 127 Å². The molecule has 1 aromatic carbocycles. The van der Waals surface area contributed by atoms with Crippen LogP contribution in [0.2, 0.25) is 0 Å². The molecule has 0 aliphatic rings. The average Bonchev–Trinajstić information content (AvgIpc) is 2.92. The van der Waals surface area contributed by atoms with Crippen molar-refractivity contribution < 1.29 is 9.53 Å². The highest BCUT2D eigenvalue weighted by molar-refractivity contribution is 7.98. The van der Waals surface area contributed by atoms with E-state index in [2.05, 4.69) is 58.4 Å². The number of aromatic nitrogens is 4. The number of hydrogen-bond donors (Lipinski definition) is 0. The maximum absolute atomic E-state index is 11.3. The molecule has 0 unspecified atom stereocenters. The molecule has 0 saturated carbocycles. The predicted octanol–water partition coefficient (Wildman–Crippen LogP) is 2.26. The molecule has 0 bridgehead atoms. The molecule has 2 rings (SSSR count). The highest BCUT2D eigenvalue weighted by Gasteiger charge is 2.11. The fourth-order valence-electron chi connectivity index (χ4n) is 1.73. The lowest BCUT2D eigenvalue weighted by atomic mass is 10.0. The van der Waals surface area contributed by atoms with E-state index in [1.54, 1.807) is 0 Å². The number of carbonyl (C=O) groups excluding carboxylic acids is 1. The lowest BCUT2D eigenvalue weighted by Gasteiger charge is -2.07. The van der Waals surface area contributed by atoms with Crippen LogP contribution in [0.25, 0.3) is 0 Å². The molecule has 21 heavy (non-hydrogen) atoms. The molecular formula is C14H18N4O2S. The van der Waals surface area contributed by atoms with Crippen molar-refractivity contribution in [2.24, 2.45) is 0 Å². The number of rotatable bonds is 6. The topological polar surface area (TPSA) is 69.9 Å². The van der Waals surface area contributed by atoms with Crippen molar-refractivity contribution in [1.29, 1.82) is 0 Å². The SMILES string of the molecule is COC(=O)Cn1nnnc1SCc1ccc(C(C)C)cc1. The molecule has 2 aromatic rings. The molecular weight excluding hydrogens is 288 g/mol. The maximum Gasteiger partial charge on any atom is 0.327 e. The van der Waals surface area contributed by atoms with Crippen molar-refractivity contribution in [1.82, 2.24) is 20.2 Å². The Morgan fingerprint density at radius 3 is 2.67 bits per heavy atom. The summed E-state index contributed by atoms with van der Waals surface area (Å²) < 4.78 is 6.06. The van der Waals surface area contributed by atoms with Crippen LogP contribution in [0.5, 0.6) is 0 Å². The van der Waals surface area contributed by atoms with Gasteiger partial charge in [-0.25, -0.2) is 4.68 Å². The summed E-state index contributed by atoms with van der Waals surface area (Å²) in [4.78, 5) is 11.3. The zero-order valence-electron chi connectivity index (χ0n) is 12.3. The molecule has 7 heteroatoms. The summed E-state index contributed by atoms with van der Waals surface area (Å²) in [7, 11) is 1.34. The van der Waals surface area contributed by atoms with E-state index in [1.165, 1.54) is 34.7 Å². The molecule has 0 saturated heterocycles. The Bertz CT molecular complexity index is 595. The van der Waals surface area contributed by atoms with Gasteiger partial charge in [-0.3, -0.25) is 4.79 Å². The summed E-state index contributed by atoms with van der Waals surface area (Å²) >= 11 is 1.49. The van der Waals surface area contributed by atoms with E-state index in [-0.39, 0.29) is 12.5 Å². The van der Waals surface area contributed by atoms with E-state index in [1.807, 2.05) is 0 Å². The summed E-state index contributed by atoms with van der Waals surface area (Å²) in [6.45, 7) is 4.37. The van der Waals surface area contributed by atoms with Crippen LogP contribution >= 0.6 is 11.8 Å². The minimum atomic E-state index is -0.370. The van der Waals surface area contributed by atoms with Gasteiger partial charge in [-0.15, -0.1) is 5.10 Å². The van der Waals surface area contributed by atoms with Crippen LogP contribution in [0.15, 0.2) is 29.4 Å². The van der Waals surface area contributed by atoms with Gasteiger partial charge in [0.05, 0.1) is 7.11 Å². The summed E-state index contributed by atoms with van der Waals surface area (Å²) in [5.74, 6) is 0.907. The van der Waals surface area contributed by atoms with Gasteiger partial charge in [-0.2, -0.15) is 0 Å². The molecule has 1 aromatic heterocycles. The van der Waals surface area contributed by atoms with Gasteiger partial charge in [-0.05, 0) is 27.5 Å². The normalized spacial score (nSPS) is 10.9. The van der Waals surface area contributed by atoms with Crippen molar-refractivity contribution in [2.45, 2.75) is 37.2 Å². The summed E-state index contributed by atoms with van der Waals surface area (Å²) in [6.07, 6.45) is 0. The van der Waals surface area contributed by atoms with Gasteiger partial charge < -0.3 is 4.74 Å². The minimum Gasteiger partial charge on any atom is -0.468 e. The second-order valence-electron chi connectivity index (χ2n) is 4.88. The van der Waals surface area contributed by atoms with Crippen LogP contribution in [0.1, 0.15) is 30.9 Å². The first-order valence-corrected chi connectivity index (χ1v) is 7.63. The first kappa shape index (κ1) is 15.5. The van der Waals surface area contributed by atoms with Crippen LogP contribution in [0, 0.1) is 0 Å². The van der Waals surface area contributed by atoms with Gasteiger partial charge in [0, 0.05) is 5.75 Å². The molecule has 0 N–H and O–H groups in total. The third kappa shape index (κ3) is 4.29. The van der Waals surface area contributed by atoms with Crippen LogP contribution in [-0.2, 0) is 21.8 Å². The molecule has 0 amide bonds. The highest BCUT2D eigenvalue weighted by Crippen LogP contribution is 2.21. The second kappa shape index (κ2) is 7.21. The first-order chi connectivity index (χ1) is 10.1. The molecule has 0 aliphatic heterocycles. The van der Waals surface area contributed by atoms with E-state index < -0.39 is 0 Å². The smallest absolute Gasteiger partial charge is 0.327 e. The number of thioether (sulfide) groups is 1. The van der Waals surface area contributed by atoms with E-state index in [0.29, 0.717) is 11.1 Å². The molecule has 1 heterocycles. The number of tetrazole rings is 1. The number of hydrogen-bond acceptors (Lipinski definition) is 6. The third-order valence-electron chi connectivity index (χ3n) is 3.02. The van der Waals surface area contributed by atoms with Crippen molar-refractivity contribution >= 4 is 17.7 Å². The van der Waals surface area contributed by atoms with Gasteiger partial charge in [0.1, 0.15) is 6.54 Å². The molecule has 0 radical (unpaired) electrons. The number of methoxy groups -OCH3 is 1. The number of nitrogens with zero attached hydrogens (tertiary/aromatic N) is 4. The third-order valence-corrected chi connectivity index (χ3v) is 4.05.